The van der Waals surface area contributed by atoms with E-state index in [1.54, 1.807) is 0 Å². The van der Waals surface area contributed by atoms with E-state index >= 15 is 0 Å². The minimum atomic E-state index is -0.880. The highest BCUT2D eigenvalue weighted by Crippen LogP contribution is 2.13. The maximum Gasteiger partial charge on any atom is 0.170 e. The van der Waals surface area contributed by atoms with Crippen LogP contribution in [0.5, 0.6) is 0 Å². The predicted molar refractivity (Wildman–Crippen MR) is 47.4 cm³/mol. The van der Waals surface area contributed by atoms with Crippen molar-refractivity contribution < 1.29 is 4.43 Å². The van der Waals surface area contributed by atoms with Crippen LogP contribution in [0.4, 0.5) is 0 Å². The van der Waals surface area contributed by atoms with Gasteiger partial charge < -0.3 is 4.43 Å². The minimum Gasteiger partial charge on any atom is -0.419 e. The summed E-state index contributed by atoms with van der Waals surface area (Å²) < 4.78 is 5.49. The van der Waals surface area contributed by atoms with E-state index in [2.05, 4.69) is 19.0 Å². The van der Waals surface area contributed by atoms with Gasteiger partial charge in [-0.3, -0.25) is 0 Å². The summed E-state index contributed by atoms with van der Waals surface area (Å²) in [5, 5.41) is 0. The summed E-state index contributed by atoms with van der Waals surface area (Å²) in [4.78, 5) is 0. The molecular weight excluding hydrogens is 140 g/mol. The maximum absolute atomic E-state index is 5.49. The largest absolute Gasteiger partial charge is 0.419 e. The van der Waals surface area contributed by atoms with Crippen LogP contribution in [0.2, 0.25) is 13.1 Å². The van der Waals surface area contributed by atoms with Crippen LogP contribution in [0.3, 0.4) is 0 Å². The van der Waals surface area contributed by atoms with Crippen LogP contribution in [-0.2, 0) is 4.43 Å². The minimum absolute atomic E-state index is 0.0860. The van der Waals surface area contributed by atoms with Crippen LogP contribution in [0.25, 0.3) is 0 Å². The van der Waals surface area contributed by atoms with E-state index in [4.69, 9.17) is 10.8 Å². The molecule has 0 N–H and O–H groups in total. The molecule has 0 spiro atoms. The predicted octanol–water partition coefficient (Wildman–Crippen LogP) is 1.65. The summed E-state index contributed by atoms with van der Waals surface area (Å²) in [5.41, 5.74) is -0.0860. The zero-order valence-electron chi connectivity index (χ0n) is 7.27. The van der Waals surface area contributed by atoms with Crippen molar-refractivity contribution in [1.82, 2.24) is 0 Å². The molecule has 0 bridgehead atoms. The molecule has 0 atom stereocenters. The third-order valence-electron chi connectivity index (χ3n) is 1.17. The monoisotopic (exact) mass is 156 g/mol. The molecule has 0 aliphatic heterocycles. The van der Waals surface area contributed by atoms with Gasteiger partial charge in [-0.1, -0.05) is 5.92 Å². The summed E-state index contributed by atoms with van der Waals surface area (Å²) in [5.74, 6) is 2.69. The van der Waals surface area contributed by atoms with E-state index < -0.39 is 9.04 Å². The molecule has 0 unspecified atom stereocenters. The Morgan fingerprint density at radius 3 is 2.30 bits per heavy atom. The van der Waals surface area contributed by atoms with E-state index in [1.807, 2.05) is 13.8 Å². The second-order valence-corrected chi connectivity index (χ2v) is 5.82. The van der Waals surface area contributed by atoms with Crippen LogP contribution < -0.4 is 0 Å². The van der Waals surface area contributed by atoms with Gasteiger partial charge in [0.1, 0.15) is 0 Å². The van der Waals surface area contributed by atoms with Crippen molar-refractivity contribution >= 4 is 9.04 Å². The van der Waals surface area contributed by atoms with Crippen molar-refractivity contribution in [1.29, 1.82) is 0 Å². The van der Waals surface area contributed by atoms with Crippen molar-refractivity contribution in [3.8, 4) is 12.3 Å². The average molecular weight is 156 g/mol. The third-order valence-corrected chi connectivity index (χ3v) is 2.00. The van der Waals surface area contributed by atoms with Crippen molar-refractivity contribution in [2.24, 2.45) is 5.41 Å². The molecule has 0 rings (SSSR count). The molecular formula is C8H16OSi. The molecule has 0 heterocycles. The molecule has 1 nitrogen and oxygen atoms in total. The van der Waals surface area contributed by atoms with E-state index in [0.29, 0.717) is 6.61 Å². The van der Waals surface area contributed by atoms with Crippen molar-refractivity contribution in [3.63, 3.8) is 0 Å². The van der Waals surface area contributed by atoms with Crippen LogP contribution in [-0.4, -0.2) is 15.6 Å². The third kappa shape index (κ3) is 4.60. The van der Waals surface area contributed by atoms with Crippen LogP contribution >= 0.6 is 0 Å². The Hall–Kier alpha value is -0.263. The highest BCUT2D eigenvalue weighted by Gasteiger charge is 2.14. The van der Waals surface area contributed by atoms with Gasteiger partial charge in [0.05, 0.1) is 0 Å². The molecule has 0 saturated carbocycles. The number of hydrogen-bond acceptors (Lipinski definition) is 1. The maximum atomic E-state index is 5.49. The van der Waals surface area contributed by atoms with E-state index in [0.717, 1.165) is 0 Å². The Morgan fingerprint density at radius 2 is 2.00 bits per heavy atom. The molecule has 0 aromatic heterocycles. The Balaban J connectivity index is 3.60. The first-order chi connectivity index (χ1) is 4.48. The number of terminal acetylenes is 1. The zero-order chi connectivity index (χ0) is 8.20. The smallest absolute Gasteiger partial charge is 0.170 e. The van der Waals surface area contributed by atoms with Crippen molar-refractivity contribution in [2.45, 2.75) is 26.9 Å². The second-order valence-electron chi connectivity index (χ2n) is 3.39. The van der Waals surface area contributed by atoms with Gasteiger partial charge in [-0.2, -0.15) is 0 Å². The molecule has 10 heavy (non-hydrogen) atoms. The van der Waals surface area contributed by atoms with Gasteiger partial charge >= 0.3 is 0 Å². The van der Waals surface area contributed by atoms with Gasteiger partial charge in [-0.15, -0.1) is 6.42 Å². The fourth-order valence-electron chi connectivity index (χ4n) is 0.417. The zero-order valence-corrected chi connectivity index (χ0v) is 8.42. The number of rotatable bonds is 3. The van der Waals surface area contributed by atoms with Crippen LogP contribution in [0.15, 0.2) is 0 Å². The fourth-order valence-corrected chi connectivity index (χ4v) is 1.17. The summed E-state index contributed by atoms with van der Waals surface area (Å²) in [6.45, 7) is 9.03. The molecule has 0 aliphatic rings. The summed E-state index contributed by atoms with van der Waals surface area (Å²) in [6, 6.07) is 0. The SMILES string of the molecule is C#CC(C)(C)CO[SiH](C)C. The Bertz CT molecular complexity index is 133. The fraction of sp³-hybridized carbons (Fsp3) is 0.750. The number of hydrogen-bond donors (Lipinski definition) is 0. The first-order valence-corrected chi connectivity index (χ1v) is 6.35. The summed E-state index contributed by atoms with van der Waals surface area (Å²) in [7, 11) is -0.880. The molecule has 0 radical (unpaired) electrons. The molecule has 0 aromatic rings. The van der Waals surface area contributed by atoms with Gasteiger partial charge in [0.25, 0.3) is 0 Å². The van der Waals surface area contributed by atoms with Crippen LogP contribution in [0.1, 0.15) is 13.8 Å². The lowest BCUT2D eigenvalue weighted by Crippen LogP contribution is -2.21. The normalized spacial score (nSPS) is 11.6. The van der Waals surface area contributed by atoms with E-state index in [1.165, 1.54) is 0 Å². The average Bonchev–Trinajstić information content (AvgIpc) is 1.85. The molecule has 0 amide bonds. The van der Waals surface area contributed by atoms with Crippen molar-refractivity contribution in [3.05, 3.63) is 0 Å². The van der Waals surface area contributed by atoms with Gasteiger partial charge in [0, 0.05) is 12.0 Å². The Kier molecular flexibility index (Phi) is 3.70. The van der Waals surface area contributed by atoms with E-state index in [9.17, 15) is 0 Å². The highest BCUT2D eigenvalue weighted by atomic mass is 28.3. The van der Waals surface area contributed by atoms with Gasteiger partial charge in [-0.25, -0.2) is 0 Å². The van der Waals surface area contributed by atoms with Crippen LogP contribution in [0, 0.1) is 17.8 Å². The highest BCUT2D eigenvalue weighted by molar-refractivity contribution is 6.48. The van der Waals surface area contributed by atoms with Gasteiger partial charge in [-0.05, 0) is 26.9 Å². The molecule has 0 fully saturated rings. The topological polar surface area (TPSA) is 9.23 Å². The molecule has 0 aromatic carbocycles. The van der Waals surface area contributed by atoms with Gasteiger partial charge in [0.2, 0.25) is 0 Å². The lowest BCUT2D eigenvalue weighted by molar-refractivity contribution is 0.232. The summed E-state index contributed by atoms with van der Waals surface area (Å²) >= 11 is 0. The first kappa shape index (κ1) is 9.74. The lowest BCUT2D eigenvalue weighted by atomic mass is 9.97. The summed E-state index contributed by atoms with van der Waals surface area (Å²) in [6.07, 6.45) is 5.28. The Morgan fingerprint density at radius 1 is 1.50 bits per heavy atom. The molecule has 0 aliphatic carbocycles. The lowest BCUT2D eigenvalue weighted by Gasteiger charge is -2.18. The van der Waals surface area contributed by atoms with E-state index in [-0.39, 0.29) is 5.41 Å². The second kappa shape index (κ2) is 3.80. The molecule has 0 saturated heterocycles. The molecule has 2 heteroatoms. The quantitative estimate of drug-likeness (QED) is 0.446. The van der Waals surface area contributed by atoms with Gasteiger partial charge in [0.15, 0.2) is 9.04 Å². The van der Waals surface area contributed by atoms with Crippen molar-refractivity contribution in [2.75, 3.05) is 6.61 Å². The molecule has 58 valence electrons. The Labute approximate surface area is 65.5 Å². The first-order valence-electron chi connectivity index (χ1n) is 3.57. The standard InChI is InChI=1S/C8H16OSi/c1-6-8(2,3)7-9-10(4)5/h1,10H,7H2,2-5H3.